The average molecular weight is 434 g/mol. The molecule has 3 fully saturated rings. The molecule has 2 aliphatic heterocycles. The Morgan fingerprint density at radius 2 is 1.91 bits per heavy atom. The fraction of sp³-hybridized carbons (Fsp3) is 0.607. The zero-order chi connectivity index (χ0) is 21.5. The van der Waals surface area contributed by atoms with Gasteiger partial charge >= 0.3 is 0 Å². The molecule has 0 spiro atoms. The monoisotopic (exact) mass is 433 g/mol. The fourth-order valence-corrected chi connectivity index (χ4v) is 5.73. The maximum Gasteiger partial charge on any atom is 0.251 e. The maximum absolute atomic E-state index is 13.1. The average Bonchev–Trinajstić information content (AvgIpc) is 3.73. The smallest absolute Gasteiger partial charge is 0.251 e. The van der Waals surface area contributed by atoms with E-state index in [1.807, 2.05) is 6.07 Å². The van der Waals surface area contributed by atoms with Crippen LogP contribution >= 0.6 is 0 Å². The highest BCUT2D eigenvalue weighted by Crippen LogP contribution is 2.47. The molecule has 0 N–H and O–H groups in total. The first-order valence-corrected chi connectivity index (χ1v) is 12.8. The number of benzene rings is 1. The van der Waals surface area contributed by atoms with Gasteiger partial charge in [-0.25, -0.2) is 0 Å². The van der Waals surface area contributed by atoms with Crippen LogP contribution in [0.5, 0.6) is 0 Å². The number of aromatic nitrogens is 1. The molecule has 4 aliphatic rings. The molecular weight excluding hydrogens is 398 g/mol. The summed E-state index contributed by atoms with van der Waals surface area (Å²) in [5, 5.41) is 0. The molecule has 0 radical (unpaired) electrons. The molecule has 4 nitrogen and oxygen atoms in total. The summed E-state index contributed by atoms with van der Waals surface area (Å²) >= 11 is 0. The first kappa shape index (κ1) is 20.7. The molecule has 0 amide bonds. The van der Waals surface area contributed by atoms with Crippen molar-refractivity contribution in [1.29, 1.82) is 0 Å². The van der Waals surface area contributed by atoms with Crippen LogP contribution in [0, 0.1) is 5.92 Å². The standard InChI is InChI=1S/C28H35NO3/c30-26-17-23(2-1-3-24-18-31-14-15-32-24)27(21-9-10-21)28-25-11-8-20(7-6-19-4-5-19)16-22(25)12-13-29(26)28/h8,11,16-17,19,21,24H,1-7,9-10,12-15,18H2/t24-/m1/s1. The highest BCUT2D eigenvalue weighted by atomic mass is 16.6. The van der Waals surface area contributed by atoms with E-state index < -0.39 is 0 Å². The van der Waals surface area contributed by atoms with E-state index in [1.165, 1.54) is 72.0 Å². The van der Waals surface area contributed by atoms with Gasteiger partial charge in [-0.1, -0.05) is 31.0 Å². The van der Waals surface area contributed by atoms with Crippen LogP contribution in [0.1, 0.15) is 73.1 Å². The summed E-state index contributed by atoms with van der Waals surface area (Å²) in [6.45, 7) is 2.95. The van der Waals surface area contributed by atoms with E-state index in [2.05, 4.69) is 22.8 Å². The molecule has 2 aromatic rings. The normalized spacial score (nSPS) is 22.4. The van der Waals surface area contributed by atoms with Gasteiger partial charge in [0.1, 0.15) is 0 Å². The Bertz CT molecular complexity index is 1040. The SMILES string of the molecule is O=c1cc(CCC[C@@H]2COCCO2)c(C2CC2)c2n1CCc1cc(CCC3CC3)ccc1-2. The molecule has 0 bridgehead atoms. The minimum absolute atomic E-state index is 0.181. The molecular formula is C28H35NO3. The zero-order valence-corrected chi connectivity index (χ0v) is 19.1. The molecule has 170 valence electrons. The molecule has 2 saturated carbocycles. The van der Waals surface area contributed by atoms with Crippen molar-refractivity contribution in [2.75, 3.05) is 19.8 Å². The van der Waals surface area contributed by atoms with Crippen molar-refractivity contribution < 1.29 is 9.47 Å². The molecule has 1 aromatic heterocycles. The van der Waals surface area contributed by atoms with E-state index >= 15 is 0 Å². The van der Waals surface area contributed by atoms with Gasteiger partial charge in [0.2, 0.25) is 0 Å². The predicted octanol–water partition coefficient (Wildman–Crippen LogP) is 5.03. The lowest BCUT2D eigenvalue weighted by Gasteiger charge is -2.27. The molecule has 1 aromatic carbocycles. The number of nitrogens with zero attached hydrogens (tertiary/aromatic N) is 1. The lowest BCUT2D eigenvalue weighted by molar-refractivity contribution is -0.0910. The third-order valence-corrected chi connectivity index (χ3v) is 7.85. The molecule has 1 saturated heterocycles. The Balaban J connectivity index is 1.29. The molecule has 4 heteroatoms. The zero-order valence-electron chi connectivity index (χ0n) is 19.1. The van der Waals surface area contributed by atoms with Crippen molar-refractivity contribution >= 4 is 0 Å². The van der Waals surface area contributed by atoms with E-state index in [1.54, 1.807) is 0 Å². The van der Waals surface area contributed by atoms with Crippen LogP contribution in [0.25, 0.3) is 11.3 Å². The quantitative estimate of drug-likeness (QED) is 0.586. The number of pyridine rings is 1. The lowest BCUT2D eigenvalue weighted by atomic mass is 9.87. The lowest BCUT2D eigenvalue weighted by Crippen LogP contribution is -2.29. The number of ether oxygens (including phenoxy) is 2. The highest BCUT2D eigenvalue weighted by Gasteiger charge is 2.33. The Hall–Kier alpha value is -1.91. The van der Waals surface area contributed by atoms with Crippen molar-refractivity contribution in [3.63, 3.8) is 0 Å². The van der Waals surface area contributed by atoms with Gasteiger partial charge in [0.25, 0.3) is 5.56 Å². The van der Waals surface area contributed by atoms with Crippen LogP contribution in [0.2, 0.25) is 0 Å². The molecule has 0 unspecified atom stereocenters. The van der Waals surface area contributed by atoms with E-state index in [-0.39, 0.29) is 11.7 Å². The highest BCUT2D eigenvalue weighted by molar-refractivity contribution is 5.72. The number of aryl methyl sites for hydroxylation is 3. The fourth-order valence-electron chi connectivity index (χ4n) is 5.73. The van der Waals surface area contributed by atoms with Crippen molar-refractivity contribution in [3.8, 4) is 11.3 Å². The third kappa shape index (κ3) is 4.32. The van der Waals surface area contributed by atoms with Gasteiger partial charge in [0.15, 0.2) is 0 Å². The van der Waals surface area contributed by atoms with Gasteiger partial charge in [-0.3, -0.25) is 4.79 Å². The Morgan fingerprint density at radius 1 is 1.00 bits per heavy atom. The van der Waals surface area contributed by atoms with Gasteiger partial charge in [-0.15, -0.1) is 0 Å². The predicted molar refractivity (Wildman–Crippen MR) is 126 cm³/mol. The topological polar surface area (TPSA) is 40.5 Å². The van der Waals surface area contributed by atoms with Gasteiger partial charge in [-0.2, -0.15) is 0 Å². The summed E-state index contributed by atoms with van der Waals surface area (Å²) in [6, 6.07) is 9.04. The summed E-state index contributed by atoms with van der Waals surface area (Å²) < 4.78 is 13.5. The van der Waals surface area contributed by atoms with Crippen molar-refractivity contribution in [2.24, 2.45) is 5.92 Å². The first-order chi connectivity index (χ1) is 15.8. The molecule has 1 atom stereocenters. The molecule has 2 aliphatic carbocycles. The van der Waals surface area contributed by atoms with Gasteiger partial charge in [-0.05, 0) is 85.5 Å². The molecule has 3 heterocycles. The van der Waals surface area contributed by atoms with Crippen LogP contribution in [-0.2, 0) is 35.3 Å². The minimum Gasteiger partial charge on any atom is -0.376 e. The summed E-state index contributed by atoms with van der Waals surface area (Å²) in [5.74, 6) is 1.60. The Labute approximate surface area is 190 Å². The van der Waals surface area contributed by atoms with Crippen molar-refractivity contribution in [3.05, 3.63) is 56.9 Å². The molecule has 32 heavy (non-hydrogen) atoms. The second-order valence-electron chi connectivity index (χ2n) is 10.4. The van der Waals surface area contributed by atoms with E-state index in [0.717, 1.165) is 38.1 Å². The number of rotatable bonds is 8. The Kier molecular flexibility index (Phi) is 5.68. The summed E-state index contributed by atoms with van der Waals surface area (Å²) in [4.78, 5) is 13.1. The first-order valence-electron chi connectivity index (χ1n) is 12.8. The summed E-state index contributed by atoms with van der Waals surface area (Å²) in [7, 11) is 0. The van der Waals surface area contributed by atoms with Gasteiger partial charge in [0.05, 0.1) is 31.6 Å². The maximum atomic E-state index is 13.1. The van der Waals surface area contributed by atoms with Crippen molar-refractivity contribution in [1.82, 2.24) is 4.57 Å². The number of hydrogen-bond donors (Lipinski definition) is 0. The van der Waals surface area contributed by atoms with E-state index in [0.29, 0.717) is 25.7 Å². The van der Waals surface area contributed by atoms with Crippen LogP contribution in [0.3, 0.4) is 0 Å². The minimum atomic E-state index is 0.181. The van der Waals surface area contributed by atoms with Crippen LogP contribution in [0.15, 0.2) is 29.1 Å². The van der Waals surface area contributed by atoms with Crippen LogP contribution in [0.4, 0.5) is 0 Å². The number of fused-ring (bicyclic) bond motifs is 3. The number of hydrogen-bond acceptors (Lipinski definition) is 3. The van der Waals surface area contributed by atoms with Gasteiger partial charge < -0.3 is 14.0 Å². The second kappa shape index (κ2) is 8.79. The second-order valence-corrected chi connectivity index (χ2v) is 10.4. The van der Waals surface area contributed by atoms with E-state index in [9.17, 15) is 4.79 Å². The van der Waals surface area contributed by atoms with Crippen LogP contribution in [-0.4, -0.2) is 30.5 Å². The van der Waals surface area contributed by atoms with Crippen LogP contribution < -0.4 is 5.56 Å². The summed E-state index contributed by atoms with van der Waals surface area (Å²) in [5.41, 5.74) is 8.41. The van der Waals surface area contributed by atoms with Gasteiger partial charge in [0, 0.05) is 18.2 Å². The van der Waals surface area contributed by atoms with Crippen molar-refractivity contribution in [2.45, 2.75) is 82.8 Å². The van der Waals surface area contributed by atoms with E-state index in [4.69, 9.17) is 9.47 Å². The Morgan fingerprint density at radius 3 is 2.69 bits per heavy atom. The molecule has 6 rings (SSSR count). The third-order valence-electron chi connectivity index (χ3n) is 7.85. The summed E-state index contributed by atoms with van der Waals surface area (Å²) in [6.07, 6.45) is 12.1. The largest absolute Gasteiger partial charge is 0.376 e.